The van der Waals surface area contributed by atoms with Crippen LogP contribution in [-0.4, -0.2) is 27.0 Å². The van der Waals surface area contributed by atoms with Crippen molar-refractivity contribution in [2.24, 2.45) is 0 Å². The van der Waals surface area contributed by atoms with Gasteiger partial charge in [-0.2, -0.15) is 0 Å². The Balaban J connectivity index is 2.37. The molecule has 0 amide bonds. The van der Waals surface area contributed by atoms with Crippen molar-refractivity contribution in [2.45, 2.75) is 20.4 Å². The van der Waals surface area contributed by atoms with Crippen LogP contribution in [0.1, 0.15) is 17.1 Å². The molecule has 0 aliphatic rings. The third-order valence-corrected chi connectivity index (χ3v) is 2.45. The highest BCUT2D eigenvalue weighted by Crippen LogP contribution is 2.13. The van der Waals surface area contributed by atoms with E-state index in [9.17, 15) is 0 Å². The van der Waals surface area contributed by atoms with Gasteiger partial charge in [-0.25, -0.2) is 19.9 Å². The van der Waals surface area contributed by atoms with Crippen molar-refractivity contribution in [3.8, 4) is 11.5 Å². The lowest BCUT2D eigenvalue weighted by Crippen LogP contribution is -2.09. The van der Waals surface area contributed by atoms with Gasteiger partial charge in [0.05, 0.1) is 0 Å². The molecule has 0 unspecified atom stereocenters. The lowest BCUT2D eigenvalue weighted by molar-refractivity contribution is 0.797. The second kappa shape index (κ2) is 4.97. The largest absolute Gasteiger partial charge is 0.316 e. The van der Waals surface area contributed by atoms with Crippen LogP contribution in [0.25, 0.3) is 11.5 Å². The van der Waals surface area contributed by atoms with Crippen molar-refractivity contribution in [1.82, 2.24) is 25.3 Å². The highest BCUT2D eigenvalue weighted by atomic mass is 15.0. The molecule has 2 rings (SSSR count). The smallest absolute Gasteiger partial charge is 0.178 e. The van der Waals surface area contributed by atoms with E-state index < -0.39 is 0 Å². The van der Waals surface area contributed by atoms with Crippen LogP contribution in [0.15, 0.2) is 18.5 Å². The Morgan fingerprint density at radius 3 is 2.65 bits per heavy atom. The second-order valence-electron chi connectivity index (χ2n) is 3.82. The summed E-state index contributed by atoms with van der Waals surface area (Å²) in [7, 11) is 1.90. The first-order chi connectivity index (χ1) is 8.20. The molecule has 2 heterocycles. The summed E-state index contributed by atoms with van der Waals surface area (Å²) in [4.78, 5) is 17.2. The number of nitrogens with one attached hydrogen (secondary N) is 1. The Bertz CT molecular complexity index is 524. The molecule has 5 nitrogen and oxygen atoms in total. The Morgan fingerprint density at radius 2 is 2.00 bits per heavy atom. The zero-order chi connectivity index (χ0) is 12.3. The molecule has 0 saturated carbocycles. The quantitative estimate of drug-likeness (QED) is 0.858. The summed E-state index contributed by atoms with van der Waals surface area (Å²) in [6, 6.07) is 1.82. The van der Waals surface area contributed by atoms with Gasteiger partial charge in [0, 0.05) is 30.2 Å². The van der Waals surface area contributed by atoms with Crippen molar-refractivity contribution in [3.63, 3.8) is 0 Å². The summed E-state index contributed by atoms with van der Waals surface area (Å²) in [5.41, 5.74) is 2.83. The Kier molecular flexibility index (Phi) is 3.39. The van der Waals surface area contributed by atoms with E-state index in [1.807, 2.05) is 33.2 Å². The average molecular weight is 229 g/mol. The summed E-state index contributed by atoms with van der Waals surface area (Å²) in [6.07, 6.45) is 3.56. The summed E-state index contributed by atoms with van der Waals surface area (Å²) in [5.74, 6) is 1.37. The molecule has 0 aliphatic heterocycles. The van der Waals surface area contributed by atoms with Gasteiger partial charge >= 0.3 is 0 Å². The van der Waals surface area contributed by atoms with Crippen LogP contribution < -0.4 is 5.32 Å². The topological polar surface area (TPSA) is 63.6 Å². The van der Waals surface area contributed by atoms with Gasteiger partial charge in [0.15, 0.2) is 5.82 Å². The van der Waals surface area contributed by atoms with Crippen molar-refractivity contribution < 1.29 is 0 Å². The van der Waals surface area contributed by atoms with Gasteiger partial charge in [-0.05, 0) is 27.0 Å². The molecule has 0 fully saturated rings. The van der Waals surface area contributed by atoms with Gasteiger partial charge in [-0.15, -0.1) is 0 Å². The first-order valence-corrected chi connectivity index (χ1v) is 5.48. The zero-order valence-corrected chi connectivity index (χ0v) is 10.2. The highest BCUT2D eigenvalue weighted by Gasteiger charge is 2.06. The number of hydrogen-bond donors (Lipinski definition) is 1. The van der Waals surface area contributed by atoms with E-state index in [-0.39, 0.29) is 0 Å². The molecule has 0 spiro atoms. The molecular formula is C12H15N5. The van der Waals surface area contributed by atoms with Gasteiger partial charge in [0.1, 0.15) is 11.5 Å². The fourth-order valence-corrected chi connectivity index (χ4v) is 1.56. The van der Waals surface area contributed by atoms with Crippen molar-refractivity contribution in [2.75, 3.05) is 7.05 Å². The first-order valence-electron chi connectivity index (χ1n) is 5.48. The van der Waals surface area contributed by atoms with Gasteiger partial charge in [0.25, 0.3) is 0 Å². The lowest BCUT2D eigenvalue weighted by Gasteiger charge is -2.06. The summed E-state index contributed by atoms with van der Waals surface area (Å²) in [6.45, 7) is 4.60. The maximum Gasteiger partial charge on any atom is 0.178 e. The fourth-order valence-electron chi connectivity index (χ4n) is 1.56. The fraction of sp³-hybridized carbons (Fsp3) is 0.333. The normalized spacial score (nSPS) is 10.5. The molecule has 2 aromatic heterocycles. The Hall–Kier alpha value is -1.88. The van der Waals surface area contributed by atoms with Crippen LogP contribution in [0, 0.1) is 13.8 Å². The molecule has 0 atom stereocenters. The molecule has 1 N–H and O–H groups in total. The highest BCUT2D eigenvalue weighted by molar-refractivity contribution is 5.48. The molecule has 0 aromatic carbocycles. The monoisotopic (exact) mass is 229 g/mol. The molecule has 88 valence electrons. The average Bonchev–Trinajstić information content (AvgIpc) is 2.32. The van der Waals surface area contributed by atoms with Crippen LogP contribution in [0.5, 0.6) is 0 Å². The number of nitrogens with zero attached hydrogens (tertiary/aromatic N) is 4. The van der Waals surface area contributed by atoms with Crippen molar-refractivity contribution in [1.29, 1.82) is 0 Å². The lowest BCUT2D eigenvalue weighted by atomic mass is 10.2. The minimum absolute atomic E-state index is 0.646. The van der Waals surface area contributed by atoms with Crippen LogP contribution in [0.4, 0.5) is 0 Å². The van der Waals surface area contributed by atoms with E-state index in [0.29, 0.717) is 5.82 Å². The van der Waals surface area contributed by atoms with Crippen LogP contribution in [0.2, 0.25) is 0 Å². The molecular weight excluding hydrogens is 214 g/mol. The molecule has 5 heteroatoms. The molecule has 0 saturated heterocycles. The molecule has 0 bridgehead atoms. The molecule has 0 aliphatic carbocycles. The molecule has 17 heavy (non-hydrogen) atoms. The predicted molar refractivity (Wildman–Crippen MR) is 65.3 cm³/mol. The van der Waals surface area contributed by atoms with Crippen molar-refractivity contribution in [3.05, 3.63) is 35.5 Å². The van der Waals surface area contributed by atoms with E-state index in [1.165, 1.54) is 0 Å². The Morgan fingerprint density at radius 1 is 1.18 bits per heavy atom. The van der Waals surface area contributed by atoms with E-state index in [4.69, 9.17) is 0 Å². The van der Waals surface area contributed by atoms with Crippen LogP contribution in [-0.2, 0) is 6.54 Å². The van der Waals surface area contributed by atoms with E-state index in [1.54, 1.807) is 6.20 Å². The predicted octanol–water partition coefficient (Wildman–Crippen LogP) is 1.27. The number of hydrogen-bond acceptors (Lipinski definition) is 5. The second-order valence-corrected chi connectivity index (χ2v) is 3.82. The number of rotatable bonds is 3. The minimum Gasteiger partial charge on any atom is -0.316 e. The third-order valence-electron chi connectivity index (χ3n) is 2.45. The van der Waals surface area contributed by atoms with Crippen molar-refractivity contribution >= 4 is 0 Å². The maximum absolute atomic E-state index is 4.46. The van der Waals surface area contributed by atoms with E-state index >= 15 is 0 Å². The zero-order valence-electron chi connectivity index (χ0n) is 10.2. The molecule has 2 aromatic rings. The summed E-state index contributed by atoms with van der Waals surface area (Å²) < 4.78 is 0. The van der Waals surface area contributed by atoms with Gasteiger partial charge < -0.3 is 5.32 Å². The van der Waals surface area contributed by atoms with Gasteiger partial charge in [-0.3, -0.25) is 0 Å². The van der Waals surface area contributed by atoms with Crippen LogP contribution in [0.3, 0.4) is 0 Å². The summed E-state index contributed by atoms with van der Waals surface area (Å²) >= 11 is 0. The summed E-state index contributed by atoms with van der Waals surface area (Å²) in [5, 5.41) is 3.09. The minimum atomic E-state index is 0.646. The number of aromatic nitrogens is 4. The maximum atomic E-state index is 4.46. The van der Waals surface area contributed by atoms with E-state index in [2.05, 4.69) is 25.3 Å². The van der Waals surface area contributed by atoms with E-state index in [0.717, 1.165) is 29.3 Å². The van der Waals surface area contributed by atoms with Crippen LogP contribution >= 0.6 is 0 Å². The number of aryl methyl sites for hydroxylation is 2. The first kappa shape index (κ1) is 11.6. The molecule has 0 radical (unpaired) electrons. The Labute approximate surface area is 100 Å². The SMILES string of the molecule is CNCc1cnc(-c2ccnc(C)n2)nc1C. The standard InChI is InChI=1S/C12H15N5/c1-8-10(6-13-3)7-15-12(16-8)11-4-5-14-9(2)17-11/h4-5,7,13H,6H2,1-3H3. The third kappa shape index (κ3) is 2.62. The van der Waals surface area contributed by atoms with Gasteiger partial charge in [0.2, 0.25) is 0 Å². The van der Waals surface area contributed by atoms with Gasteiger partial charge in [-0.1, -0.05) is 0 Å².